The third kappa shape index (κ3) is 2.98. The van der Waals surface area contributed by atoms with Crippen molar-refractivity contribution in [2.45, 2.75) is 13.0 Å². The molecule has 1 nitrogen and oxygen atoms in total. The lowest BCUT2D eigenvalue weighted by atomic mass is 10.3. The van der Waals surface area contributed by atoms with Crippen LogP contribution < -0.4 is 5.73 Å². The van der Waals surface area contributed by atoms with E-state index in [0.717, 1.165) is 15.8 Å². The Bertz CT molecular complexity index is 237. The molecule has 0 spiro atoms. The fourth-order valence-corrected chi connectivity index (χ4v) is 2.69. The quantitative estimate of drug-likeness (QED) is 0.846. The molecule has 1 unspecified atom stereocenters. The molecule has 0 aliphatic carbocycles. The van der Waals surface area contributed by atoms with E-state index in [9.17, 15) is 0 Å². The van der Waals surface area contributed by atoms with Gasteiger partial charge in [0.25, 0.3) is 0 Å². The van der Waals surface area contributed by atoms with Crippen LogP contribution in [0.4, 0.5) is 0 Å². The van der Waals surface area contributed by atoms with Gasteiger partial charge in [0.05, 0.1) is 4.34 Å². The summed E-state index contributed by atoms with van der Waals surface area (Å²) in [6.45, 7) is 2.14. The van der Waals surface area contributed by atoms with Crippen LogP contribution in [0.3, 0.4) is 0 Å². The first kappa shape index (κ1) is 10.4. The zero-order valence-corrected chi connectivity index (χ0v) is 9.31. The number of thioether (sulfide) groups is 1. The summed E-state index contributed by atoms with van der Waals surface area (Å²) < 4.78 is 0.821. The first-order valence-electron chi connectivity index (χ1n) is 3.82. The fraction of sp³-hybridized carbons (Fsp3) is 0.500. The van der Waals surface area contributed by atoms with Crippen molar-refractivity contribution in [3.8, 4) is 0 Å². The smallest absolute Gasteiger partial charge is 0.0931 e. The summed E-state index contributed by atoms with van der Waals surface area (Å²) >= 11 is 9.23. The minimum absolute atomic E-state index is 0.146. The number of rotatable bonds is 4. The van der Waals surface area contributed by atoms with Gasteiger partial charge in [-0.3, -0.25) is 0 Å². The van der Waals surface area contributed by atoms with Gasteiger partial charge in [0.15, 0.2) is 0 Å². The molecule has 0 saturated carbocycles. The SMILES string of the molecule is CCSCC(N)c1ccc(Cl)s1. The summed E-state index contributed by atoms with van der Waals surface area (Å²) in [7, 11) is 0. The minimum Gasteiger partial charge on any atom is -0.323 e. The van der Waals surface area contributed by atoms with Gasteiger partial charge in [0.1, 0.15) is 0 Å². The topological polar surface area (TPSA) is 26.0 Å². The first-order chi connectivity index (χ1) is 5.74. The van der Waals surface area contributed by atoms with Crippen molar-refractivity contribution in [2.75, 3.05) is 11.5 Å². The monoisotopic (exact) mass is 221 g/mol. The molecule has 0 aliphatic rings. The van der Waals surface area contributed by atoms with E-state index in [1.165, 1.54) is 4.88 Å². The van der Waals surface area contributed by atoms with Crippen LogP contribution in [0.25, 0.3) is 0 Å². The maximum Gasteiger partial charge on any atom is 0.0931 e. The normalized spacial score (nSPS) is 13.2. The van der Waals surface area contributed by atoms with Crippen LogP contribution in [0, 0.1) is 0 Å². The van der Waals surface area contributed by atoms with Crippen LogP contribution >= 0.6 is 34.7 Å². The Morgan fingerprint density at radius 2 is 2.42 bits per heavy atom. The summed E-state index contributed by atoms with van der Waals surface area (Å²) in [5.74, 6) is 2.10. The van der Waals surface area contributed by atoms with Gasteiger partial charge in [-0.1, -0.05) is 18.5 Å². The van der Waals surface area contributed by atoms with Crippen LogP contribution in [0.5, 0.6) is 0 Å². The van der Waals surface area contributed by atoms with Gasteiger partial charge < -0.3 is 5.73 Å². The van der Waals surface area contributed by atoms with E-state index in [1.54, 1.807) is 11.3 Å². The average molecular weight is 222 g/mol. The van der Waals surface area contributed by atoms with Crippen LogP contribution in [0.15, 0.2) is 12.1 Å². The number of thiophene rings is 1. The lowest BCUT2D eigenvalue weighted by Gasteiger charge is -2.06. The van der Waals surface area contributed by atoms with Gasteiger partial charge in [-0.25, -0.2) is 0 Å². The van der Waals surface area contributed by atoms with Gasteiger partial charge in [0.2, 0.25) is 0 Å². The number of nitrogens with two attached hydrogens (primary N) is 1. The second kappa shape index (κ2) is 5.12. The van der Waals surface area contributed by atoms with Gasteiger partial charge in [-0.15, -0.1) is 11.3 Å². The zero-order valence-electron chi connectivity index (χ0n) is 6.92. The molecule has 68 valence electrons. The molecule has 0 fully saturated rings. The second-order valence-corrected chi connectivity index (χ2v) is 5.47. The minimum atomic E-state index is 0.146. The Morgan fingerprint density at radius 1 is 1.67 bits per heavy atom. The lowest BCUT2D eigenvalue weighted by molar-refractivity contribution is 0.852. The van der Waals surface area contributed by atoms with Gasteiger partial charge in [-0.2, -0.15) is 11.8 Å². The Hall–Kier alpha value is 0.300. The van der Waals surface area contributed by atoms with Crippen molar-refractivity contribution in [1.82, 2.24) is 0 Å². The lowest BCUT2D eigenvalue weighted by Crippen LogP contribution is -2.11. The van der Waals surface area contributed by atoms with Crippen LogP contribution in [0.1, 0.15) is 17.8 Å². The van der Waals surface area contributed by atoms with Crippen LogP contribution in [0.2, 0.25) is 4.34 Å². The van der Waals surface area contributed by atoms with Crippen molar-refractivity contribution < 1.29 is 0 Å². The molecule has 1 aromatic heterocycles. The molecule has 1 aromatic rings. The predicted molar refractivity (Wildman–Crippen MR) is 59.3 cm³/mol. The highest BCUT2D eigenvalue weighted by Crippen LogP contribution is 2.27. The molecule has 1 atom stereocenters. The highest BCUT2D eigenvalue weighted by molar-refractivity contribution is 7.99. The largest absolute Gasteiger partial charge is 0.323 e. The summed E-state index contributed by atoms with van der Waals surface area (Å²) in [5.41, 5.74) is 5.93. The molecule has 4 heteroatoms. The standard InChI is InChI=1S/C8H12ClNS2/c1-2-11-5-6(10)7-3-4-8(9)12-7/h3-4,6H,2,5,10H2,1H3. The third-order valence-corrected chi connectivity index (χ3v) is 3.83. The molecule has 0 amide bonds. The first-order valence-corrected chi connectivity index (χ1v) is 6.17. The molecule has 0 bridgehead atoms. The van der Waals surface area contributed by atoms with E-state index in [-0.39, 0.29) is 6.04 Å². The van der Waals surface area contributed by atoms with Crippen LogP contribution in [-0.2, 0) is 0 Å². The Morgan fingerprint density at radius 3 is 2.92 bits per heavy atom. The molecule has 2 N–H and O–H groups in total. The van der Waals surface area contributed by atoms with E-state index in [0.29, 0.717) is 0 Å². The third-order valence-electron chi connectivity index (χ3n) is 1.46. The average Bonchev–Trinajstić information content (AvgIpc) is 2.47. The number of hydrogen-bond acceptors (Lipinski definition) is 3. The summed E-state index contributed by atoms with van der Waals surface area (Å²) in [5, 5.41) is 0. The van der Waals surface area contributed by atoms with Crippen molar-refractivity contribution in [1.29, 1.82) is 0 Å². The molecule has 0 aromatic carbocycles. The maximum atomic E-state index is 5.93. The highest BCUT2D eigenvalue weighted by Gasteiger charge is 2.07. The number of halogens is 1. The summed E-state index contributed by atoms with van der Waals surface area (Å²) in [6.07, 6.45) is 0. The molecule has 0 aliphatic heterocycles. The van der Waals surface area contributed by atoms with E-state index in [2.05, 4.69) is 6.92 Å². The highest BCUT2D eigenvalue weighted by atomic mass is 35.5. The Balaban J connectivity index is 2.47. The molecule has 1 heterocycles. The molecular formula is C8H12ClNS2. The van der Waals surface area contributed by atoms with Crippen molar-refractivity contribution in [3.05, 3.63) is 21.3 Å². The summed E-state index contributed by atoms with van der Waals surface area (Å²) in [6, 6.07) is 4.05. The van der Waals surface area contributed by atoms with Crippen molar-refractivity contribution in [2.24, 2.45) is 5.73 Å². The van der Waals surface area contributed by atoms with Crippen molar-refractivity contribution >= 4 is 34.7 Å². The second-order valence-electron chi connectivity index (χ2n) is 2.41. The molecule has 0 radical (unpaired) electrons. The molecular weight excluding hydrogens is 210 g/mol. The summed E-state index contributed by atoms with van der Waals surface area (Å²) in [4.78, 5) is 1.18. The number of hydrogen-bond donors (Lipinski definition) is 1. The fourth-order valence-electron chi connectivity index (χ4n) is 0.855. The Kier molecular flexibility index (Phi) is 4.43. The molecule has 0 saturated heterocycles. The van der Waals surface area contributed by atoms with E-state index in [4.69, 9.17) is 17.3 Å². The molecule has 1 rings (SSSR count). The van der Waals surface area contributed by atoms with Crippen molar-refractivity contribution in [3.63, 3.8) is 0 Å². The van der Waals surface area contributed by atoms with Gasteiger partial charge in [0, 0.05) is 16.7 Å². The van der Waals surface area contributed by atoms with E-state index < -0.39 is 0 Å². The van der Waals surface area contributed by atoms with Gasteiger partial charge in [-0.05, 0) is 17.9 Å². The predicted octanol–water partition coefficient (Wildman–Crippen LogP) is 3.15. The van der Waals surface area contributed by atoms with Crippen LogP contribution in [-0.4, -0.2) is 11.5 Å². The molecule has 12 heavy (non-hydrogen) atoms. The zero-order chi connectivity index (χ0) is 8.97. The van der Waals surface area contributed by atoms with E-state index >= 15 is 0 Å². The van der Waals surface area contributed by atoms with Gasteiger partial charge >= 0.3 is 0 Å². The van der Waals surface area contributed by atoms with E-state index in [1.807, 2.05) is 23.9 Å². The Labute approximate surface area is 86.3 Å². The maximum absolute atomic E-state index is 5.93.